The van der Waals surface area contributed by atoms with Crippen LogP contribution in [-0.2, 0) is 4.79 Å². The Bertz CT molecular complexity index is 339. The van der Waals surface area contributed by atoms with E-state index in [0.717, 1.165) is 36.9 Å². The molecule has 3 heteroatoms. The Hall–Kier alpha value is -0.570. The summed E-state index contributed by atoms with van der Waals surface area (Å²) in [7, 11) is 0. The van der Waals surface area contributed by atoms with E-state index in [1.54, 1.807) is 0 Å². The van der Waals surface area contributed by atoms with E-state index in [-0.39, 0.29) is 5.91 Å². The maximum absolute atomic E-state index is 11.2. The minimum atomic E-state index is 0.193. The van der Waals surface area contributed by atoms with Crippen LogP contribution in [0.4, 0.5) is 0 Å². The molecule has 3 nitrogen and oxygen atoms in total. The molecule has 1 saturated heterocycles. The lowest BCUT2D eigenvalue weighted by molar-refractivity contribution is -0.132. The summed E-state index contributed by atoms with van der Waals surface area (Å²) in [5.74, 6) is 3.67. The third kappa shape index (κ3) is 1.70. The van der Waals surface area contributed by atoms with Crippen molar-refractivity contribution in [2.75, 3.05) is 19.8 Å². The van der Waals surface area contributed by atoms with Crippen LogP contribution in [0.15, 0.2) is 0 Å². The van der Waals surface area contributed by atoms with Crippen molar-refractivity contribution < 1.29 is 4.79 Å². The molecule has 4 atom stereocenters. The maximum Gasteiger partial charge on any atom is 0.235 e. The van der Waals surface area contributed by atoms with Crippen molar-refractivity contribution in [1.29, 1.82) is 0 Å². The van der Waals surface area contributed by atoms with Crippen LogP contribution in [0.1, 0.15) is 33.6 Å². The van der Waals surface area contributed by atoms with Crippen molar-refractivity contribution in [2.24, 2.45) is 29.1 Å². The Morgan fingerprint density at radius 3 is 2.71 bits per heavy atom. The van der Waals surface area contributed by atoms with Crippen molar-refractivity contribution in [3.8, 4) is 0 Å². The highest BCUT2D eigenvalue weighted by Gasteiger charge is 2.56. The highest BCUT2D eigenvalue weighted by Crippen LogP contribution is 2.62. The lowest BCUT2D eigenvalue weighted by atomic mass is 9.43. The number of nitrogens with zero attached hydrogens (tertiary/aromatic N) is 1. The minimum Gasteiger partial charge on any atom is -0.342 e. The Labute approximate surface area is 104 Å². The lowest BCUT2D eigenvalue weighted by Gasteiger charge is -2.62. The lowest BCUT2D eigenvalue weighted by Crippen LogP contribution is -2.56. The van der Waals surface area contributed by atoms with Crippen LogP contribution in [0, 0.1) is 29.1 Å². The summed E-state index contributed by atoms with van der Waals surface area (Å²) in [6.45, 7) is 9.81. The van der Waals surface area contributed by atoms with Gasteiger partial charge in [-0.3, -0.25) is 9.69 Å². The summed E-state index contributed by atoms with van der Waals surface area (Å²) in [5.41, 5.74) is 0.578. The molecule has 1 aliphatic heterocycles. The number of carbonyl (C=O) groups excluding carboxylic acids is 1. The fourth-order valence-corrected chi connectivity index (χ4v) is 4.47. The highest BCUT2D eigenvalue weighted by atomic mass is 16.2. The molecular formula is C14H24N2O. The summed E-state index contributed by atoms with van der Waals surface area (Å²) >= 11 is 0. The molecular weight excluding hydrogens is 212 g/mol. The fraction of sp³-hybridized carbons (Fsp3) is 0.929. The molecule has 4 fully saturated rings. The van der Waals surface area contributed by atoms with Gasteiger partial charge in [0.05, 0.1) is 13.2 Å². The monoisotopic (exact) mass is 236 g/mol. The largest absolute Gasteiger partial charge is 0.342 e. The molecule has 0 aromatic rings. The van der Waals surface area contributed by atoms with Crippen molar-refractivity contribution in [3.05, 3.63) is 0 Å². The number of hydrogen-bond donors (Lipinski definition) is 1. The Balaban J connectivity index is 1.61. The molecule has 4 aliphatic rings. The Morgan fingerprint density at radius 1 is 1.41 bits per heavy atom. The van der Waals surface area contributed by atoms with Gasteiger partial charge in [-0.25, -0.2) is 0 Å². The average molecular weight is 236 g/mol. The predicted octanol–water partition coefficient (Wildman–Crippen LogP) is 1.69. The summed E-state index contributed by atoms with van der Waals surface area (Å²) in [4.78, 5) is 13.5. The van der Waals surface area contributed by atoms with Crippen molar-refractivity contribution in [3.63, 3.8) is 0 Å². The number of amides is 1. The van der Waals surface area contributed by atoms with Gasteiger partial charge in [0.1, 0.15) is 0 Å². The van der Waals surface area contributed by atoms with Crippen LogP contribution >= 0.6 is 0 Å². The molecule has 2 bridgehead atoms. The second-order valence-electron chi connectivity index (χ2n) is 6.98. The van der Waals surface area contributed by atoms with Crippen LogP contribution in [0.5, 0.6) is 0 Å². The zero-order valence-electron chi connectivity index (χ0n) is 11.2. The fourth-order valence-electron chi connectivity index (χ4n) is 4.47. The van der Waals surface area contributed by atoms with Gasteiger partial charge < -0.3 is 5.32 Å². The van der Waals surface area contributed by atoms with Crippen molar-refractivity contribution in [1.82, 2.24) is 10.2 Å². The summed E-state index contributed by atoms with van der Waals surface area (Å²) in [6, 6.07) is 0. The minimum absolute atomic E-state index is 0.193. The Morgan fingerprint density at radius 2 is 2.18 bits per heavy atom. The quantitative estimate of drug-likeness (QED) is 0.791. The van der Waals surface area contributed by atoms with E-state index in [1.165, 1.54) is 12.8 Å². The van der Waals surface area contributed by atoms with Crippen LogP contribution in [-0.4, -0.2) is 30.6 Å². The molecule has 0 aromatic heterocycles. The van der Waals surface area contributed by atoms with Gasteiger partial charge in [0.15, 0.2) is 0 Å². The molecule has 96 valence electrons. The van der Waals surface area contributed by atoms with Crippen LogP contribution < -0.4 is 5.32 Å². The normalized spacial score (nSPS) is 44.3. The van der Waals surface area contributed by atoms with Gasteiger partial charge in [-0.15, -0.1) is 0 Å². The molecule has 1 N–H and O–H groups in total. The second-order valence-corrected chi connectivity index (χ2v) is 6.98. The van der Waals surface area contributed by atoms with Gasteiger partial charge in [-0.05, 0) is 41.9 Å². The zero-order chi connectivity index (χ0) is 12.2. The summed E-state index contributed by atoms with van der Waals surface area (Å²) in [6.07, 6.45) is 2.82. The Kier molecular flexibility index (Phi) is 2.51. The molecule has 1 amide bonds. The molecule has 0 spiro atoms. The number of carbonyl (C=O) groups is 1. The third-order valence-corrected chi connectivity index (χ3v) is 5.87. The van der Waals surface area contributed by atoms with E-state index in [9.17, 15) is 4.79 Å². The SMILES string of the molecule is CC1C(CN2CNC(=O)C2)CC2CC1C2(C)C. The molecule has 0 radical (unpaired) electrons. The average Bonchev–Trinajstić information content (AvgIpc) is 2.66. The van der Waals surface area contributed by atoms with Crippen molar-refractivity contribution >= 4 is 5.91 Å². The first kappa shape index (κ1) is 11.5. The topological polar surface area (TPSA) is 32.3 Å². The van der Waals surface area contributed by atoms with Gasteiger partial charge in [-0.2, -0.15) is 0 Å². The number of rotatable bonds is 2. The van der Waals surface area contributed by atoms with Crippen LogP contribution in [0.2, 0.25) is 0 Å². The van der Waals surface area contributed by atoms with E-state index in [2.05, 4.69) is 31.0 Å². The van der Waals surface area contributed by atoms with E-state index < -0.39 is 0 Å². The molecule has 17 heavy (non-hydrogen) atoms. The van der Waals surface area contributed by atoms with Gasteiger partial charge in [0.2, 0.25) is 5.91 Å². The zero-order valence-corrected chi connectivity index (χ0v) is 11.2. The highest BCUT2D eigenvalue weighted by molar-refractivity contribution is 5.79. The standard InChI is InChI=1S/C14H24N2O/c1-9-10(6-16-7-13(17)15-8-16)4-11-5-12(9)14(11,2)3/h9-12H,4-8H2,1-3H3,(H,15,17). The van der Waals surface area contributed by atoms with Crippen molar-refractivity contribution in [2.45, 2.75) is 33.6 Å². The van der Waals surface area contributed by atoms with E-state index in [0.29, 0.717) is 12.0 Å². The van der Waals surface area contributed by atoms with Gasteiger partial charge in [-0.1, -0.05) is 20.8 Å². The molecule has 4 unspecified atom stereocenters. The van der Waals surface area contributed by atoms with E-state index in [4.69, 9.17) is 0 Å². The predicted molar refractivity (Wildman–Crippen MR) is 67.2 cm³/mol. The molecule has 3 saturated carbocycles. The van der Waals surface area contributed by atoms with Gasteiger partial charge >= 0.3 is 0 Å². The molecule has 0 aromatic carbocycles. The van der Waals surface area contributed by atoms with Crippen LogP contribution in [0.3, 0.4) is 0 Å². The van der Waals surface area contributed by atoms with Gasteiger partial charge in [0.25, 0.3) is 0 Å². The second kappa shape index (κ2) is 3.71. The smallest absolute Gasteiger partial charge is 0.235 e. The first-order valence-corrected chi connectivity index (χ1v) is 6.97. The molecule has 3 aliphatic carbocycles. The molecule has 4 rings (SSSR count). The van der Waals surface area contributed by atoms with E-state index >= 15 is 0 Å². The number of nitrogens with one attached hydrogen (secondary N) is 1. The summed E-state index contributed by atoms with van der Waals surface area (Å²) in [5, 5.41) is 2.90. The number of fused-ring (bicyclic) bond motifs is 2. The first-order valence-electron chi connectivity index (χ1n) is 6.97. The van der Waals surface area contributed by atoms with Gasteiger partial charge in [0, 0.05) is 6.54 Å². The molecule has 1 heterocycles. The van der Waals surface area contributed by atoms with Crippen LogP contribution in [0.25, 0.3) is 0 Å². The summed E-state index contributed by atoms with van der Waals surface area (Å²) < 4.78 is 0. The van der Waals surface area contributed by atoms with E-state index in [1.807, 2.05) is 0 Å². The maximum atomic E-state index is 11.2. The first-order chi connectivity index (χ1) is 7.98. The number of hydrogen-bond acceptors (Lipinski definition) is 2. The third-order valence-electron chi connectivity index (χ3n) is 5.87.